The molecule has 442 valence electrons. The van der Waals surface area contributed by atoms with Crippen LogP contribution in [0.15, 0.2) is 72.4 Å². The molecular weight excluding hydrogens is 1020 g/mol. The summed E-state index contributed by atoms with van der Waals surface area (Å²) in [6, 6.07) is 3.63. The number of carbonyl (C=O) groups excluding carboxylic acids is 6. The first-order valence-corrected chi connectivity index (χ1v) is 29.5. The summed E-state index contributed by atoms with van der Waals surface area (Å²) in [6.45, 7) is 20.9. The van der Waals surface area contributed by atoms with Crippen molar-refractivity contribution in [3.05, 3.63) is 77.9 Å². The van der Waals surface area contributed by atoms with Gasteiger partial charge in [0.1, 0.15) is 35.7 Å². The molecule has 0 saturated carbocycles. The number of carbonyl (C=O) groups is 6. The van der Waals surface area contributed by atoms with E-state index in [1.807, 2.05) is 105 Å². The molecule has 0 radical (unpaired) electrons. The maximum Gasteiger partial charge on any atom is 0.325 e. The van der Waals surface area contributed by atoms with Gasteiger partial charge in [-0.25, -0.2) is 5.43 Å². The SMILES string of the molecule is CC[C@H]1C[C@H](C)[C@@]2(NC1=O)O[C@@H](C[C@@H](O)[C@@H](C)CC/C=C/C=C(\C)[C@@H]1C/C=C/C=C\[C@@H]3O[C@@]4(C)CC[C@@H](C(=O)N[C@@H](C(C)C)C(=O)N[C@@H](Cc5cccc(OC(C)=O)c5)C(=O)N5CCC[C@H](N5)C(=O)O1)[C@H](O4)[C@H]3C)[C@H](C)[C@H](O)[C@@H]2C. The number of cyclic esters (lactones) is 1. The van der Waals surface area contributed by atoms with Crippen LogP contribution in [0.5, 0.6) is 5.75 Å². The average Bonchev–Trinajstić information content (AvgIpc) is 3.57. The molecule has 18 atom stereocenters. The Morgan fingerprint density at radius 3 is 2.45 bits per heavy atom. The Kier molecular flexibility index (Phi) is 21.2. The van der Waals surface area contributed by atoms with Crippen LogP contribution in [0, 0.1) is 47.3 Å². The van der Waals surface area contributed by atoms with Gasteiger partial charge in [0, 0.05) is 68.7 Å². The zero-order chi connectivity index (χ0) is 58.2. The Morgan fingerprint density at radius 2 is 1.73 bits per heavy atom. The van der Waals surface area contributed by atoms with Gasteiger partial charge < -0.3 is 49.8 Å². The summed E-state index contributed by atoms with van der Waals surface area (Å²) in [5.41, 5.74) is 3.49. The number of allylic oxidation sites excluding steroid dienone is 5. The fourth-order valence-electron chi connectivity index (χ4n) is 12.6. The molecule has 6 heterocycles. The maximum atomic E-state index is 14.7. The van der Waals surface area contributed by atoms with E-state index in [0.717, 1.165) is 12.0 Å². The topological polar surface area (TPSA) is 240 Å². The first-order chi connectivity index (χ1) is 37.9. The minimum Gasteiger partial charge on any atom is -0.456 e. The zero-order valence-electron chi connectivity index (χ0n) is 49.0. The van der Waals surface area contributed by atoms with Crippen molar-refractivity contribution in [2.45, 2.75) is 213 Å². The monoisotopic (exact) mass is 1110 g/mol. The molecule has 6 aliphatic rings. The molecular formula is C62H91N5O13. The normalized spacial score (nSPS) is 37.4. The van der Waals surface area contributed by atoms with Gasteiger partial charge in [0.05, 0.1) is 36.4 Å². The van der Waals surface area contributed by atoms with Gasteiger partial charge in [0.15, 0.2) is 5.79 Å². The molecule has 1 aromatic rings. The van der Waals surface area contributed by atoms with E-state index in [2.05, 4.69) is 28.3 Å². The summed E-state index contributed by atoms with van der Waals surface area (Å²) in [5.74, 6) is -5.10. The standard InChI is InChI=1S/C62H91N5O13/c1-12-44-31-38(6)62(65-56(44)71)41(9)54(70)39(7)52(79-62)34-49(69)36(4)21-15-13-16-22-37(5)50-26-17-14-18-27-51-40(8)55-46(28-29-61(11,78-51)80-55)57(72)64-53(35(2)3)58(73)63-48(33-43-23-19-24-45(32-43)76-42(10)68)59(74)67-30-20-25-47(66-67)60(75)77-50/h13-14,16-19,22-24,27,32,35-36,38-41,44,46-55,66,69-70H,12,15,20-21,25-26,28-31,33-34H2,1-11H3,(H,63,73)(H,64,72)(H,65,71)/b16-13+,17-14+,27-18-,37-22+/t36-,38-,39-,40-,41-,44-,46+,47-,48-,49+,50-,51-,52-,53-,54-,55+,61+,62+/m0/s1. The van der Waals surface area contributed by atoms with Crippen LogP contribution in [0.3, 0.4) is 0 Å². The van der Waals surface area contributed by atoms with Crippen LogP contribution in [0.25, 0.3) is 0 Å². The van der Waals surface area contributed by atoms with Crippen LogP contribution in [0.4, 0.5) is 0 Å². The van der Waals surface area contributed by atoms with Crippen molar-refractivity contribution in [1.82, 2.24) is 26.4 Å². The van der Waals surface area contributed by atoms with Crippen molar-refractivity contribution in [2.75, 3.05) is 6.54 Å². The largest absolute Gasteiger partial charge is 0.456 e. The van der Waals surface area contributed by atoms with Crippen LogP contribution >= 0.6 is 0 Å². The van der Waals surface area contributed by atoms with Crippen LogP contribution in [0.2, 0.25) is 0 Å². The molecule has 6 N–H and O–H groups in total. The third-order valence-electron chi connectivity index (χ3n) is 17.9. The first-order valence-electron chi connectivity index (χ1n) is 29.5. The second-order valence-electron chi connectivity index (χ2n) is 24.3. The molecule has 1 aromatic carbocycles. The van der Waals surface area contributed by atoms with Gasteiger partial charge in [0.2, 0.25) is 17.7 Å². The Hall–Kier alpha value is -5.24. The van der Waals surface area contributed by atoms with Gasteiger partial charge in [-0.15, -0.1) is 0 Å². The fourth-order valence-corrected chi connectivity index (χ4v) is 12.6. The van der Waals surface area contributed by atoms with Crippen LogP contribution < -0.4 is 26.1 Å². The van der Waals surface area contributed by atoms with E-state index < -0.39 is 95.9 Å². The molecule has 5 bridgehead atoms. The van der Waals surface area contributed by atoms with Gasteiger partial charge in [0.25, 0.3) is 5.91 Å². The lowest BCUT2D eigenvalue weighted by Crippen LogP contribution is -2.71. The number of hydrogen-bond acceptors (Lipinski definition) is 14. The molecule has 18 heteroatoms. The molecule has 0 aliphatic carbocycles. The predicted octanol–water partition coefficient (Wildman–Crippen LogP) is 6.83. The van der Waals surface area contributed by atoms with E-state index in [0.29, 0.717) is 63.4 Å². The lowest BCUT2D eigenvalue weighted by molar-refractivity contribution is -0.344. The highest BCUT2D eigenvalue weighted by Gasteiger charge is 2.57. The number of esters is 2. The number of hydrazine groups is 1. The van der Waals surface area contributed by atoms with E-state index in [-0.39, 0.29) is 72.0 Å². The third-order valence-corrected chi connectivity index (χ3v) is 17.9. The van der Waals surface area contributed by atoms with Crippen LogP contribution in [-0.4, -0.2) is 124 Å². The molecule has 18 nitrogen and oxygen atoms in total. The van der Waals surface area contributed by atoms with Gasteiger partial charge in [-0.2, -0.15) is 0 Å². The van der Waals surface area contributed by atoms with E-state index in [1.54, 1.807) is 24.3 Å². The Labute approximate surface area is 473 Å². The number of ether oxygens (including phenoxy) is 5. The van der Waals surface area contributed by atoms with Crippen molar-refractivity contribution in [2.24, 2.45) is 47.3 Å². The van der Waals surface area contributed by atoms with Gasteiger partial charge in [-0.05, 0) is 93.9 Å². The summed E-state index contributed by atoms with van der Waals surface area (Å²) < 4.78 is 31.4. The second kappa shape index (κ2) is 27.2. The minimum absolute atomic E-state index is 0.00127. The van der Waals surface area contributed by atoms with Gasteiger partial charge >= 0.3 is 11.9 Å². The number of hydrogen-bond donors (Lipinski definition) is 6. The lowest BCUT2D eigenvalue weighted by Gasteiger charge is -2.56. The summed E-state index contributed by atoms with van der Waals surface area (Å²) in [7, 11) is 0. The molecule has 5 saturated heterocycles. The molecule has 6 aliphatic heterocycles. The predicted molar refractivity (Wildman–Crippen MR) is 300 cm³/mol. The number of piperidine rings is 1. The maximum absolute atomic E-state index is 14.7. The van der Waals surface area contributed by atoms with Gasteiger partial charge in [-0.3, -0.25) is 33.8 Å². The highest BCUT2D eigenvalue weighted by Crippen LogP contribution is 2.47. The van der Waals surface area contributed by atoms with Gasteiger partial charge in [-0.1, -0.05) is 110 Å². The Bertz CT molecular complexity index is 2500. The Morgan fingerprint density at radius 1 is 0.963 bits per heavy atom. The first kappa shape index (κ1) is 62.4. The number of nitrogens with zero attached hydrogens (tertiary/aromatic N) is 1. The smallest absolute Gasteiger partial charge is 0.325 e. The Balaban J connectivity index is 1.08. The van der Waals surface area contributed by atoms with Crippen LogP contribution in [-0.2, 0) is 54.1 Å². The number of rotatable bonds is 13. The molecule has 5 fully saturated rings. The average molecular weight is 1110 g/mol. The summed E-state index contributed by atoms with van der Waals surface area (Å²) in [5, 5.41) is 33.5. The van der Waals surface area contributed by atoms with Crippen molar-refractivity contribution in [3.8, 4) is 5.75 Å². The number of amides is 4. The van der Waals surface area contributed by atoms with E-state index in [4.69, 9.17) is 23.7 Å². The minimum atomic E-state index is -1.17. The summed E-state index contributed by atoms with van der Waals surface area (Å²) in [6.07, 6.45) is 15.2. The highest BCUT2D eigenvalue weighted by molar-refractivity contribution is 5.93. The molecule has 80 heavy (non-hydrogen) atoms. The van der Waals surface area contributed by atoms with E-state index >= 15 is 0 Å². The number of benzene rings is 1. The van der Waals surface area contributed by atoms with Crippen molar-refractivity contribution in [3.63, 3.8) is 0 Å². The number of aliphatic hydroxyl groups is 2. The number of aliphatic hydroxyl groups excluding tert-OH is 2. The van der Waals surface area contributed by atoms with Crippen LogP contribution in [0.1, 0.15) is 146 Å². The summed E-state index contributed by atoms with van der Waals surface area (Å²) in [4.78, 5) is 82.7. The molecule has 4 amide bonds. The second-order valence-corrected chi connectivity index (χ2v) is 24.3. The van der Waals surface area contributed by atoms with Crippen molar-refractivity contribution in [1.29, 1.82) is 0 Å². The molecule has 7 rings (SSSR count). The molecule has 1 spiro atoms. The molecule has 0 aromatic heterocycles. The third kappa shape index (κ3) is 14.9. The van der Waals surface area contributed by atoms with E-state index in [9.17, 15) is 39.0 Å². The zero-order valence-corrected chi connectivity index (χ0v) is 49.0. The fraction of sp³-hybridized carbons (Fsp3) is 0.677. The summed E-state index contributed by atoms with van der Waals surface area (Å²) >= 11 is 0. The van der Waals surface area contributed by atoms with Crippen molar-refractivity contribution < 1.29 is 62.7 Å². The number of nitrogens with one attached hydrogen (secondary N) is 4. The highest BCUT2D eigenvalue weighted by atomic mass is 16.7. The van der Waals surface area contributed by atoms with Crippen molar-refractivity contribution >= 4 is 35.6 Å². The quantitative estimate of drug-likeness (QED) is 0.0675. The lowest BCUT2D eigenvalue weighted by atomic mass is 9.69. The van der Waals surface area contributed by atoms with E-state index in [1.165, 1.54) is 11.9 Å². The number of fused-ring (bicyclic) bond motifs is 4. The molecule has 0 unspecified atom stereocenters.